The number of aliphatic carboxylic acids is 1. The number of hydrogen-bond acceptors (Lipinski definition) is 7. The maximum Gasteiger partial charge on any atom is 0.328 e. The van der Waals surface area contributed by atoms with E-state index in [4.69, 9.17) is 14.6 Å². The highest BCUT2D eigenvalue weighted by Gasteiger charge is 2.59. The summed E-state index contributed by atoms with van der Waals surface area (Å²) >= 11 is 0. The number of carboxylic acid groups (broad SMARTS) is 1. The molecule has 0 aromatic carbocycles. The monoisotopic (exact) mass is 414 g/mol. The van der Waals surface area contributed by atoms with Crippen LogP contribution in [-0.4, -0.2) is 73.4 Å². The first-order chi connectivity index (χ1) is 13.2. The molecule has 0 aromatic rings. The highest BCUT2D eigenvalue weighted by Crippen LogP contribution is 2.52. The molecule has 0 spiro atoms. The van der Waals surface area contributed by atoms with Crippen LogP contribution in [0.4, 0.5) is 0 Å². The van der Waals surface area contributed by atoms with E-state index >= 15 is 0 Å². The summed E-state index contributed by atoms with van der Waals surface area (Å²) in [6.45, 7) is 8.69. The predicted octanol–water partition coefficient (Wildman–Crippen LogP) is 1.12. The maximum absolute atomic E-state index is 11.8. The second kappa shape index (κ2) is 8.45. The first kappa shape index (κ1) is 24.0. The van der Waals surface area contributed by atoms with E-state index in [-0.39, 0.29) is 0 Å². The van der Waals surface area contributed by atoms with Crippen molar-refractivity contribution in [1.82, 2.24) is 0 Å². The zero-order valence-corrected chi connectivity index (χ0v) is 17.7. The van der Waals surface area contributed by atoms with Gasteiger partial charge in [-0.05, 0) is 57.1 Å². The summed E-state index contributed by atoms with van der Waals surface area (Å²) in [5, 5.41) is 51.0. The zero-order valence-electron chi connectivity index (χ0n) is 17.7. The molecule has 1 saturated heterocycles. The second-order valence-corrected chi connectivity index (χ2v) is 9.09. The molecule has 0 amide bonds. The van der Waals surface area contributed by atoms with Crippen molar-refractivity contribution in [3.63, 3.8) is 0 Å². The van der Waals surface area contributed by atoms with Gasteiger partial charge in [0, 0.05) is 6.08 Å². The molecule has 1 aliphatic heterocycles. The van der Waals surface area contributed by atoms with Gasteiger partial charge in [-0.25, -0.2) is 4.79 Å². The maximum atomic E-state index is 11.8. The molecular formula is C21H34O8. The third-order valence-corrected chi connectivity index (χ3v) is 6.42. The molecule has 29 heavy (non-hydrogen) atoms. The molecule has 2 rings (SSSR count). The number of ether oxygens (including phenoxy) is 2. The van der Waals surface area contributed by atoms with Crippen molar-refractivity contribution in [2.24, 2.45) is 5.41 Å². The minimum Gasteiger partial charge on any atom is -0.478 e. The number of carboxylic acids is 1. The second-order valence-electron chi connectivity index (χ2n) is 9.09. The summed E-state index contributed by atoms with van der Waals surface area (Å²) in [4.78, 5) is 10.9. The lowest BCUT2D eigenvalue weighted by Gasteiger charge is -2.57. The average molecular weight is 414 g/mol. The van der Waals surface area contributed by atoms with Crippen LogP contribution in [0.25, 0.3) is 0 Å². The zero-order chi connectivity index (χ0) is 22.2. The number of aliphatic hydroxyl groups is 4. The molecule has 1 saturated carbocycles. The van der Waals surface area contributed by atoms with E-state index < -0.39 is 53.3 Å². The van der Waals surface area contributed by atoms with Gasteiger partial charge in [-0.2, -0.15) is 0 Å². The highest BCUT2D eigenvalue weighted by molar-refractivity contribution is 5.81. The van der Waals surface area contributed by atoms with Crippen LogP contribution in [0.5, 0.6) is 0 Å². The van der Waals surface area contributed by atoms with Crippen molar-refractivity contribution in [3.8, 4) is 0 Å². The van der Waals surface area contributed by atoms with Gasteiger partial charge in [0.2, 0.25) is 0 Å². The van der Waals surface area contributed by atoms with E-state index in [0.717, 1.165) is 12.5 Å². The van der Waals surface area contributed by atoms with Crippen LogP contribution in [0.2, 0.25) is 0 Å². The van der Waals surface area contributed by atoms with Gasteiger partial charge >= 0.3 is 5.97 Å². The van der Waals surface area contributed by atoms with Crippen molar-refractivity contribution >= 4 is 5.97 Å². The number of rotatable bonds is 5. The largest absolute Gasteiger partial charge is 0.478 e. The van der Waals surface area contributed by atoms with Crippen molar-refractivity contribution < 1.29 is 39.8 Å². The lowest BCUT2D eigenvalue weighted by Crippen LogP contribution is -2.67. The van der Waals surface area contributed by atoms with Gasteiger partial charge in [-0.3, -0.25) is 0 Å². The molecule has 2 aliphatic rings. The van der Waals surface area contributed by atoms with Crippen molar-refractivity contribution in [1.29, 1.82) is 0 Å². The van der Waals surface area contributed by atoms with Gasteiger partial charge in [0.25, 0.3) is 0 Å². The number of carbonyl (C=O) groups is 1. The van der Waals surface area contributed by atoms with Gasteiger partial charge in [-0.1, -0.05) is 19.9 Å². The molecule has 7 atom stereocenters. The Morgan fingerprint density at radius 2 is 1.72 bits per heavy atom. The predicted molar refractivity (Wildman–Crippen MR) is 105 cm³/mol. The van der Waals surface area contributed by atoms with E-state index in [1.165, 1.54) is 0 Å². The van der Waals surface area contributed by atoms with Gasteiger partial charge in [0.1, 0.15) is 29.5 Å². The van der Waals surface area contributed by atoms with E-state index in [0.29, 0.717) is 18.4 Å². The van der Waals surface area contributed by atoms with Gasteiger partial charge in [-0.15, -0.1) is 0 Å². The normalized spacial score (nSPS) is 43.5. The van der Waals surface area contributed by atoms with E-state index in [2.05, 4.69) is 0 Å². The average Bonchev–Trinajstić information content (AvgIpc) is 2.60. The number of aliphatic hydroxyl groups excluding tert-OH is 3. The van der Waals surface area contributed by atoms with Gasteiger partial charge < -0.3 is 35.0 Å². The van der Waals surface area contributed by atoms with Gasteiger partial charge in [0.15, 0.2) is 6.29 Å². The quantitative estimate of drug-likeness (QED) is 0.333. The summed E-state index contributed by atoms with van der Waals surface area (Å²) in [5.74, 6) is -1.08. The molecule has 1 heterocycles. The van der Waals surface area contributed by atoms with Crippen LogP contribution in [0.15, 0.2) is 23.8 Å². The van der Waals surface area contributed by atoms with Crippen molar-refractivity contribution in [3.05, 3.63) is 23.8 Å². The Hall–Kier alpha value is -1.29. The number of hydrogen-bond donors (Lipinski definition) is 5. The minimum absolute atomic E-state index is 0.454. The first-order valence-corrected chi connectivity index (χ1v) is 9.94. The molecule has 8 heteroatoms. The van der Waals surface area contributed by atoms with E-state index in [9.17, 15) is 25.2 Å². The molecule has 8 nitrogen and oxygen atoms in total. The summed E-state index contributed by atoms with van der Waals surface area (Å²) in [6.07, 6.45) is -0.109. The standard InChI is InChI=1S/C21H34O8/c1-12(11-14(22)23)7-10-21(27)19(3,4)8-6-9-20(21,5)29-18-17(26)16(25)15(24)13(2)28-18/h7,10-11,13,15-18,24-27H,6,8-9H2,1-5H3,(H,22,23)/t13-,15-,16+,17-,18+,20-,21-/m1/s1. The SMILES string of the molecule is CC(C=C[C@@]1(O)C(C)(C)CCC[C@@]1(C)O[C@@H]1O[C@H](C)[C@@H](O)[C@H](O)[C@H]1O)=CC(=O)O. The fourth-order valence-corrected chi connectivity index (χ4v) is 4.38. The van der Waals surface area contributed by atoms with E-state index in [1.54, 1.807) is 32.9 Å². The summed E-state index contributed by atoms with van der Waals surface area (Å²) < 4.78 is 11.7. The first-order valence-electron chi connectivity index (χ1n) is 9.94. The lowest BCUT2D eigenvalue weighted by molar-refractivity contribution is -0.348. The number of allylic oxidation sites excluding steroid dienone is 2. The Kier molecular flexibility index (Phi) is 6.99. The third kappa shape index (κ3) is 4.57. The minimum atomic E-state index is -1.51. The van der Waals surface area contributed by atoms with Crippen LogP contribution in [0.1, 0.15) is 53.9 Å². The van der Waals surface area contributed by atoms with Crippen molar-refractivity contribution in [2.45, 2.75) is 95.8 Å². The molecular weight excluding hydrogens is 380 g/mol. The molecule has 166 valence electrons. The lowest BCUT2D eigenvalue weighted by atomic mass is 9.58. The van der Waals surface area contributed by atoms with Crippen LogP contribution in [0, 0.1) is 5.41 Å². The Balaban J connectivity index is 2.38. The summed E-state index contributed by atoms with van der Waals surface area (Å²) in [7, 11) is 0. The Morgan fingerprint density at radius 1 is 1.10 bits per heavy atom. The summed E-state index contributed by atoms with van der Waals surface area (Å²) in [5.41, 5.74) is -2.87. The molecule has 0 unspecified atom stereocenters. The smallest absolute Gasteiger partial charge is 0.328 e. The molecule has 0 radical (unpaired) electrons. The van der Waals surface area contributed by atoms with E-state index in [1.807, 2.05) is 13.8 Å². The fourth-order valence-electron chi connectivity index (χ4n) is 4.38. The molecule has 1 aliphatic carbocycles. The topological polar surface area (TPSA) is 137 Å². The van der Waals surface area contributed by atoms with Crippen LogP contribution in [-0.2, 0) is 14.3 Å². The molecule has 2 fully saturated rings. The third-order valence-electron chi connectivity index (χ3n) is 6.42. The van der Waals surface area contributed by atoms with Crippen molar-refractivity contribution in [2.75, 3.05) is 0 Å². The summed E-state index contributed by atoms with van der Waals surface area (Å²) in [6, 6.07) is 0. The van der Waals surface area contributed by atoms with Crippen LogP contribution in [0.3, 0.4) is 0 Å². The Bertz CT molecular complexity index is 672. The molecule has 0 aromatic heterocycles. The molecule has 5 N–H and O–H groups in total. The molecule has 0 bridgehead atoms. The van der Waals surface area contributed by atoms with Crippen LogP contribution < -0.4 is 0 Å². The van der Waals surface area contributed by atoms with Crippen LogP contribution >= 0.6 is 0 Å². The fraction of sp³-hybridized carbons (Fsp3) is 0.762. The Morgan fingerprint density at radius 3 is 2.31 bits per heavy atom. The highest BCUT2D eigenvalue weighted by atomic mass is 16.7. The van der Waals surface area contributed by atoms with Gasteiger partial charge in [0.05, 0.1) is 6.10 Å². The Labute approximate surface area is 171 Å².